The minimum absolute atomic E-state index is 0.112. The maximum Gasteiger partial charge on any atom is 0.180 e. The molecule has 0 bridgehead atoms. The summed E-state index contributed by atoms with van der Waals surface area (Å²) in [6.45, 7) is 4.23. The van der Waals surface area contributed by atoms with Crippen LogP contribution in [-0.2, 0) is 15.2 Å². The number of methoxy groups -OCH3 is 1. The predicted molar refractivity (Wildman–Crippen MR) is 122 cm³/mol. The van der Waals surface area contributed by atoms with Crippen LogP contribution in [0.25, 0.3) is 0 Å². The zero-order valence-electron chi connectivity index (χ0n) is 17.4. The number of nitrogens with one attached hydrogen (secondary N) is 1. The third kappa shape index (κ3) is 4.54. The molecular weight excluding hydrogens is 450 g/mol. The molecule has 0 spiro atoms. The van der Waals surface area contributed by atoms with E-state index in [4.69, 9.17) is 4.74 Å². The Morgan fingerprint density at radius 2 is 1.93 bits per heavy atom. The summed E-state index contributed by atoms with van der Waals surface area (Å²) in [6.07, 6.45) is 3.61. The highest BCUT2D eigenvalue weighted by atomic mass is 79.9. The largest absolute Gasteiger partial charge is 0.496 e. The molecule has 0 aliphatic carbocycles. The monoisotopic (exact) mass is 479 g/mol. The highest BCUT2D eigenvalue weighted by Gasteiger charge is 2.42. The second kappa shape index (κ2) is 9.19. The van der Waals surface area contributed by atoms with Crippen molar-refractivity contribution < 1.29 is 13.2 Å². The molecule has 0 aromatic heterocycles. The number of unbranched alkanes of at least 4 members (excludes halogenated alkanes) is 1. The Hall–Kier alpha value is -1.37. The third-order valence-electron chi connectivity index (χ3n) is 5.94. The van der Waals surface area contributed by atoms with Gasteiger partial charge in [-0.3, -0.25) is 5.32 Å². The highest BCUT2D eigenvalue weighted by molar-refractivity contribution is 9.08. The molecule has 1 aliphatic rings. The lowest BCUT2D eigenvalue weighted by Gasteiger charge is -2.36. The fraction of sp³-hybridized carbons (Fsp3) is 0.478. The second-order valence-corrected chi connectivity index (χ2v) is 10.3. The van der Waals surface area contributed by atoms with Crippen LogP contribution in [0, 0.1) is 0 Å². The fourth-order valence-corrected chi connectivity index (χ4v) is 6.83. The SMILES string of the molecule is CCCCC1(CC)CS(=O)(=O)c2cc(CBr)c(OC)cc2C(c2ccccc2)N1. The summed E-state index contributed by atoms with van der Waals surface area (Å²) in [7, 11) is -1.84. The molecule has 4 nitrogen and oxygen atoms in total. The van der Waals surface area contributed by atoms with Crippen molar-refractivity contribution in [3.8, 4) is 5.75 Å². The topological polar surface area (TPSA) is 55.4 Å². The summed E-state index contributed by atoms with van der Waals surface area (Å²) in [5.41, 5.74) is 2.22. The second-order valence-electron chi connectivity index (χ2n) is 7.82. The van der Waals surface area contributed by atoms with Crippen LogP contribution in [0.1, 0.15) is 62.3 Å². The van der Waals surface area contributed by atoms with Gasteiger partial charge in [-0.2, -0.15) is 0 Å². The number of rotatable bonds is 7. The van der Waals surface area contributed by atoms with E-state index in [1.165, 1.54) is 0 Å². The molecule has 29 heavy (non-hydrogen) atoms. The minimum atomic E-state index is -3.47. The van der Waals surface area contributed by atoms with Crippen LogP contribution >= 0.6 is 15.9 Å². The number of alkyl halides is 1. The van der Waals surface area contributed by atoms with Crippen molar-refractivity contribution in [2.75, 3.05) is 12.9 Å². The van der Waals surface area contributed by atoms with E-state index < -0.39 is 15.4 Å². The Morgan fingerprint density at radius 3 is 2.52 bits per heavy atom. The predicted octanol–water partition coefficient (Wildman–Crippen LogP) is 5.40. The summed E-state index contributed by atoms with van der Waals surface area (Å²) >= 11 is 3.47. The van der Waals surface area contributed by atoms with Crippen LogP contribution in [0.3, 0.4) is 0 Å². The molecule has 158 valence electrons. The van der Waals surface area contributed by atoms with Crippen molar-refractivity contribution >= 4 is 25.8 Å². The van der Waals surface area contributed by atoms with E-state index in [1.54, 1.807) is 13.2 Å². The Balaban J connectivity index is 2.27. The van der Waals surface area contributed by atoms with Crippen molar-refractivity contribution in [2.24, 2.45) is 0 Å². The number of fused-ring (bicyclic) bond motifs is 1. The number of sulfone groups is 1. The van der Waals surface area contributed by atoms with E-state index in [1.807, 2.05) is 24.3 Å². The number of benzene rings is 2. The van der Waals surface area contributed by atoms with Gasteiger partial charge < -0.3 is 4.74 Å². The Morgan fingerprint density at radius 1 is 1.21 bits per heavy atom. The van der Waals surface area contributed by atoms with Crippen LogP contribution in [0.5, 0.6) is 5.75 Å². The van der Waals surface area contributed by atoms with Crippen molar-refractivity contribution in [2.45, 2.75) is 61.3 Å². The average molecular weight is 480 g/mol. The van der Waals surface area contributed by atoms with Crippen molar-refractivity contribution in [1.29, 1.82) is 0 Å². The van der Waals surface area contributed by atoms with Gasteiger partial charge in [-0.05, 0) is 36.1 Å². The minimum Gasteiger partial charge on any atom is -0.496 e. The Bertz CT molecular complexity index is 946. The van der Waals surface area contributed by atoms with Gasteiger partial charge in [0.05, 0.1) is 23.8 Å². The van der Waals surface area contributed by atoms with Gasteiger partial charge in [0, 0.05) is 16.4 Å². The average Bonchev–Trinajstić information content (AvgIpc) is 2.84. The number of ether oxygens (including phenoxy) is 1. The van der Waals surface area contributed by atoms with E-state index in [-0.39, 0.29) is 11.8 Å². The maximum absolute atomic E-state index is 13.6. The van der Waals surface area contributed by atoms with Gasteiger partial charge in [0.1, 0.15) is 5.75 Å². The fourth-order valence-electron chi connectivity index (χ4n) is 4.22. The first kappa shape index (κ1) is 22.3. The van der Waals surface area contributed by atoms with E-state index in [0.29, 0.717) is 16.0 Å². The van der Waals surface area contributed by atoms with Crippen LogP contribution in [0.15, 0.2) is 47.4 Å². The summed E-state index contributed by atoms with van der Waals surface area (Å²) in [5, 5.41) is 4.32. The van der Waals surface area contributed by atoms with Crippen molar-refractivity contribution in [3.63, 3.8) is 0 Å². The smallest absolute Gasteiger partial charge is 0.180 e. The number of hydrogen-bond donors (Lipinski definition) is 1. The first-order valence-corrected chi connectivity index (χ1v) is 13.0. The van der Waals surface area contributed by atoms with Crippen molar-refractivity contribution in [3.05, 3.63) is 59.2 Å². The van der Waals surface area contributed by atoms with Crippen LogP contribution < -0.4 is 10.1 Å². The molecule has 1 heterocycles. The van der Waals surface area contributed by atoms with Crippen LogP contribution in [0.4, 0.5) is 0 Å². The molecule has 0 radical (unpaired) electrons. The van der Waals surface area contributed by atoms with Gasteiger partial charge in [-0.1, -0.05) is 73.0 Å². The van der Waals surface area contributed by atoms with E-state index in [0.717, 1.165) is 42.4 Å². The van der Waals surface area contributed by atoms with E-state index in [9.17, 15) is 8.42 Å². The van der Waals surface area contributed by atoms with E-state index in [2.05, 4.69) is 47.2 Å². The molecule has 1 aliphatic heterocycles. The van der Waals surface area contributed by atoms with Crippen molar-refractivity contribution in [1.82, 2.24) is 5.32 Å². The molecule has 2 atom stereocenters. The maximum atomic E-state index is 13.6. The van der Waals surface area contributed by atoms with Gasteiger partial charge >= 0.3 is 0 Å². The Kier molecular flexibility index (Phi) is 7.07. The molecular formula is C23H30BrNO3S. The summed E-state index contributed by atoms with van der Waals surface area (Å²) < 4.78 is 32.7. The summed E-state index contributed by atoms with van der Waals surface area (Å²) in [4.78, 5) is 0.418. The number of halogens is 1. The molecule has 2 aromatic rings. The summed E-state index contributed by atoms with van der Waals surface area (Å²) in [6, 6.07) is 13.6. The quantitative estimate of drug-likeness (QED) is 0.540. The third-order valence-corrected chi connectivity index (χ3v) is 8.50. The molecule has 2 unspecified atom stereocenters. The lowest BCUT2D eigenvalue weighted by atomic mass is 9.88. The molecule has 6 heteroatoms. The van der Waals surface area contributed by atoms with Gasteiger partial charge in [0.2, 0.25) is 0 Å². The molecule has 0 saturated carbocycles. The molecule has 0 amide bonds. The zero-order valence-corrected chi connectivity index (χ0v) is 19.8. The molecule has 1 N–H and O–H groups in total. The van der Waals surface area contributed by atoms with Crippen LogP contribution in [-0.4, -0.2) is 26.8 Å². The van der Waals surface area contributed by atoms with Gasteiger partial charge in [0.25, 0.3) is 0 Å². The lowest BCUT2D eigenvalue weighted by molar-refractivity contribution is 0.294. The van der Waals surface area contributed by atoms with Gasteiger partial charge in [-0.15, -0.1) is 0 Å². The lowest BCUT2D eigenvalue weighted by Crippen LogP contribution is -2.50. The van der Waals surface area contributed by atoms with Gasteiger partial charge in [-0.25, -0.2) is 8.42 Å². The highest BCUT2D eigenvalue weighted by Crippen LogP contribution is 2.41. The molecule has 0 saturated heterocycles. The van der Waals surface area contributed by atoms with Crippen LogP contribution in [0.2, 0.25) is 0 Å². The van der Waals surface area contributed by atoms with Gasteiger partial charge in [0.15, 0.2) is 9.84 Å². The summed E-state index contributed by atoms with van der Waals surface area (Å²) in [5.74, 6) is 0.817. The molecule has 2 aromatic carbocycles. The first-order chi connectivity index (χ1) is 13.9. The zero-order chi connectivity index (χ0) is 21.1. The standard InChI is InChI=1S/C23H30BrNO3S/c1-4-6-12-23(5-2)16-29(26,27)21-13-18(15-24)20(28-3)14-19(21)22(25-23)17-10-8-7-9-11-17/h7-11,13-14,22,25H,4-6,12,15-16H2,1-3H3. The van der Waals surface area contributed by atoms with E-state index >= 15 is 0 Å². The normalized spacial score (nSPS) is 23.2. The number of hydrogen-bond acceptors (Lipinski definition) is 4. The first-order valence-electron chi connectivity index (χ1n) is 10.2. The molecule has 3 rings (SSSR count). The molecule has 0 fully saturated rings. The Labute approximate surface area is 183 Å².